The van der Waals surface area contributed by atoms with E-state index >= 15 is 0 Å². The quantitative estimate of drug-likeness (QED) is 0.864. The predicted molar refractivity (Wildman–Crippen MR) is 63.8 cm³/mol. The summed E-state index contributed by atoms with van der Waals surface area (Å²) in [7, 11) is 0. The van der Waals surface area contributed by atoms with Gasteiger partial charge in [-0.1, -0.05) is 6.92 Å². The van der Waals surface area contributed by atoms with E-state index in [1.807, 2.05) is 0 Å². The molecule has 17 heavy (non-hydrogen) atoms. The van der Waals surface area contributed by atoms with E-state index in [1.165, 1.54) is 12.3 Å². The van der Waals surface area contributed by atoms with Crippen molar-refractivity contribution in [2.45, 2.75) is 39.7 Å². The summed E-state index contributed by atoms with van der Waals surface area (Å²) in [5.74, 6) is -0.472. The first kappa shape index (κ1) is 13.4. The molecule has 0 aliphatic heterocycles. The lowest BCUT2D eigenvalue weighted by Crippen LogP contribution is -2.45. The molecule has 0 bridgehead atoms. The second kappa shape index (κ2) is 4.69. The fraction of sp³-hybridized carbons (Fsp3) is 0.500. The van der Waals surface area contributed by atoms with Crippen LogP contribution >= 0.6 is 0 Å². The largest absolute Gasteiger partial charge is 0.465 e. The predicted octanol–water partition coefficient (Wildman–Crippen LogP) is 3.07. The van der Waals surface area contributed by atoms with Crippen molar-refractivity contribution in [2.24, 2.45) is 0 Å². The van der Waals surface area contributed by atoms with E-state index in [9.17, 15) is 9.18 Å². The number of anilines is 1. The molecule has 0 fully saturated rings. The lowest BCUT2D eigenvalue weighted by atomic mass is 10.1. The maximum atomic E-state index is 13.6. The average Bonchev–Trinajstić information content (AvgIpc) is 2.15. The third-order valence-electron chi connectivity index (χ3n) is 2.36. The van der Waals surface area contributed by atoms with Crippen LogP contribution in [0.25, 0.3) is 0 Å². The zero-order valence-corrected chi connectivity index (χ0v) is 10.5. The maximum absolute atomic E-state index is 13.6. The Labute approximate surface area is 100 Å². The minimum absolute atomic E-state index is 0.250. The molecule has 1 aromatic heterocycles. The molecule has 1 amide bonds. The first-order chi connectivity index (χ1) is 7.77. The Kier molecular flexibility index (Phi) is 3.70. The van der Waals surface area contributed by atoms with Crippen LogP contribution in [0.3, 0.4) is 0 Å². The summed E-state index contributed by atoms with van der Waals surface area (Å²) in [4.78, 5) is 16.2. The number of carbonyl (C=O) groups is 1. The topological polar surface area (TPSA) is 53.4 Å². The Balaban J connectivity index is 3.21. The molecule has 5 heteroatoms. The Hall–Kier alpha value is -1.65. The summed E-state index contributed by atoms with van der Waals surface area (Å²) in [5.41, 5.74) is -0.0547. The van der Waals surface area contributed by atoms with Gasteiger partial charge in [-0.3, -0.25) is 9.88 Å². The first-order valence-electron chi connectivity index (χ1n) is 5.45. The summed E-state index contributed by atoms with van der Waals surface area (Å²) < 4.78 is 13.6. The zero-order chi connectivity index (χ0) is 13.2. The van der Waals surface area contributed by atoms with Gasteiger partial charge in [0.2, 0.25) is 0 Å². The number of hydrogen-bond acceptors (Lipinski definition) is 2. The third kappa shape index (κ3) is 2.93. The zero-order valence-electron chi connectivity index (χ0n) is 10.5. The molecule has 1 heterocycles. The number of aryl methyl sites for hydroxylation is 1. The number of rotatable bonds is 2. The Morgan fingerprint density at radius 2 is 2.12 bits per heavy atom. The minimum Gasteiger partial charge on any atom is -0.465 e. The van der Waals surface area contributed by atoms with Crippen LogP contribution in [-0.2, 0) is 6.42 Å². The highest BCUT2D eigenvalue weighted by molar-refractivity contribution is 5.87. The van der Waals surface area contributed by atoms with Crippen molar-refractivity contribution in [3.05, 3.63) is 23.8 Å². The van der Waals surface area contributed by atoms with Crippen LogP contribution in [0.5, 0.6) is 0 Å². The van der Waals surface area contributed by atoms with E-state index in [4.69, 9.17) is 5.11 Å². The van der Waals surface area contributed by atoms with Gasteiger partial charge in [0.25, 0.3) is 0 Å². The standard InChI is InChI=1S/C12H17FN2O2/c1-5-10-9(13)6-8(7-14-10)15(11(16)17)12(2,3)4/h6-7H,5H2,1-4H3,(H,16,17). The van der Waals surface area contributed by atoms with Gasteiger partial charge in [-0.25, -0.2) is 9.18 Å². The third-order valence-corrected chi connectivity index (χ3v) is 2.36. The van der Waals surface area contributed by atoms with Crippen LogP contribution in [0, 0.1) is 5.82 Å². The molecule has 0 aromatic carbocycles. The lowest BCUT2D eigenvalue weighted by molar-refractivity contribution is 0.195. The van der Waals surface area contributed by atoms with Gasteiger partial charge in [0.05, 0.1) is 17.6 Å². The molecule has 0 saturated heterocycles. The number of nitrogens with zero attached hydrogens (tertiary/aromatic N) is 2. The Morgan fingerprint density at radius 1 is 1.53 bits per heavy atom. The average molecular weight is 240 g/mol. The van der Waals surface area contributed by atoms with E-state index in [0.29, 0.717) is 12.1 Å². The Morgan fingerprint density at radius 3 is 2.47 bits per heavy atom. The number of aromatic nitrogens is 1. The molecule has 0 aliphatic carbocycles. The molecule has 0 atom stereocenters. The fourth-order valence-corrected chi connectivity index (χ4v) is 1.62. The van der Waals surface area contributed by atoms with Gasteiger partial charge in [-0.2, -0.15) is 0 Å². The first-order valence-corrected chi connectivity index (χ1v) is 5.45. The van der Waals surface area contributed by atoms with Gasteiger partial charge >= 0.3 is 6.09 Å². The molecular formula is C12H17FN2O2. The summed E-state index contributed by atoms with van der Waals surface area (Å²) in [6, 6.07) is 1.21. The van der Waals surface area contributed by atoms with Crippen LogP contribution in [-0.4, -0.2) is 21.7 Å². The van der Waals surface area contributed by atoms with E-state index in [1.54, 1.807) is 27.7 Å². The van der Waals surface area contributed by atoms with Crippen LogP contribution in [0.15, 0.2) is 12.3 Å². The number of pyridine rings is 1. The smallest absolute Gasteiger partial charge is 0.412 e. The van der Waals surface area contributed by atoms with Crippen molar-refractivity contribution in [3.63, 3.8) is 0 Å². The SMILES string of the molecule is CCc1ncc(N(C(=O)O)C(C)(C)C)cc1F. The van der Waals surface area contributed by atoms with Crippen molar-refractivity contribution in [1.29, 1.82) is 0 Å². The summed E-state index contributed by atoms with van der Waals surface area (Å²) in [6.07, 6.45) is 0.749. The van der Waals surface area contributed by atoms with Crippen molar-refractivity contribution < 1.29 is 14.3 Å². The van der Waals surface area contributed by atoms with Gasteiger partial charge in [-0.15, -0.1) is 0 Å². The van der Waals surface area contributed by atoms with Gasteiger partial charge in [-0.05, 0) is 27.2 Å². The van der Waals surface area contributed by atoms with E-state index in [-0.39, 0.29) is 5.69 Å². The van der Waals surface area contributed by atoms with Gasteiger partial charge in [0.15, 0.2) is 0 Å². The van der Waals surface area contributed by atoms with Crippen molar-refractivity contribution in [1.82, 2.24) is 4.98 Å². The fourth-order valence-electron chi connectivity index (χ4n) is 1.62. The highest BCUT2D eigenvalue weighted by Crippen LogP contribution is 2.24. The highest BCUT2D eigenvalue weighted by Gasteiger charge is 2.28. The summed E-state index contributed by atoms with van der Waals surface area (Å²) in [6.45, 7) is 7.02. The molecule has 0 spiro atoms. The molecule has 0 aliphatic rings. The van der Waals surface area contributed by atoms with Crippen molar-refractivity contribution >= 4 is 11.8 Å². The van der Waals surface area contributed by atoms with Gasteiger partial charge in [0, 0.05) is 11.6 Å². The van der Waals surface area contributed by atoms with Crippen LogP contribution in [0.2, 0.25) is 0 Å². The van der Waals surface area contributed by atoms with Gasteiger partial charge < -0.3 is 5.11 Å². The molecule has 4 nitrogen and oxygen atoms in total. The Bertz CT molecular complexity index is 427. The molecule has 1 N–H and O–H groups in total. The van der Waals surface area contributed by atoms with Crippen molar-refractivity contribution in [3.8, 4) is 0 Å². The van der Waals surface area contributed by atoms with Crippen LogP contribution in [0.4, 0.5) is 14.9 Å². The van der Waals surface area contributed by atoms with E-state index in [2.05, 4.69) is 4.98 Å². The molecular weight excluding hydrogens is 223 g/mol. The monoisotopic (exact) mass is 240 g/mol. The van der Waals surface area contributed by atoms with Gasteiger partial charge in [0.1, 0.15) is 5.82 Å². The number of halogens is 1. The number of carboxylic acid groups (broad SMARTS) is 1. The number of hydrogen-bond donors (Lipinski definition) is 1. The lowest BCUT2D eigenvalue weighted by Gasteiger charge is -2.32. The van der Waals surface area contributed by atoms with Crippen molar-refractivity contribution in [2.75, 3.05) is 4.90 Å². The second-order valence-electron chi connectivity index (χ2n) is 4.76. The normalized spacial score (nSPS) is 11.4. The summed E-state index contributed by atoms with van der Waals surface area (Å²) >= 11 is 0. The molecule has 1 aromatic rings. The summed E-state index contributed by atoms with van der Waals surface area (Å²) in [5, 5.41) is 9.16. The second-order valence-corrected chi connectivity index (χ2v) is 4.76. The highest BCUT2D eigenvalue weighted by atomic mass is 19.1. The molecule has 0 radical (unpaired) electrons. The van der Waals surface area contributed by atoms with Crippen LogP contribution < -0.4 is 4.90 Å². The molecule has 1 rings (SSSR count). The molecule has 0 unspecified atom stereocenters. The van der Waals surface area contributed by atoms with E-state index in [0.717, 1.165) is 4.90 Å². The maximum Gasteiger partial charge on any atom is 0.412 e. The minimum atomic E-state index is -1.12. The molecule has 94 valence electrons. The molecule has 0 saturated carbocycles. The van der Waals surface area contributed by atoms with Crippen LogP contribution in [0.1, 0.15) is 33.4 Å². The number of amides is 1. The van der Waals surface area contributed by atoms with E-state index < -0.39 is 17.4 Å².